The van der Waals surface area contributed by atoms with E-state index in [1.807, 2.05) is 81.7 Å². The molecule has 1 N–H and O–H groups in total. The van der Waals surface area contributed by atoms with E-state index in [2.05, 4.69) is 81.8 Å². The number of hydrogen-bond donors (Lipinski definition) is 1. The predicted molar refractivity (Wildman–Crippen MR) is 223 cm³/mol. The van der Waals surface area contributed by atoms with Gasteiger partial charge in [-0.1, -0.05) is 87.3 Å². The number of carbonyl (C=O) groups excluding carboxylic acids is 1. The summed E-state index contributed by atoms with van der Waals surface area (Å²) in [6.07, 6.45) is 7.86. The Kier molecular flexibility index (Phi) is 13.2. The number of carbonyl (C=O) groups is 1. The number of aliphatic hydroxyl groups excluding tert-OH is 1. The number of hydrogen-bond acceptors (Lipinski definition) is 6. The topological polar surface area (TPSA) is 50.2 Å². The van der Waals surface area contributed by atoms with Gasteiger partial charge in [0.05, 0.1) is 0 Å². The molecule has 2 aromatic carbocycles. The number of rotatable bonds is 10. The van der Waals surface area contributed by atoms with Crippen LogP contribution in [0.15, 0.2) is 59.1 Å². The molecule has 0 unspecified atom stereocenters. The summed E-state index contributed by atoms with van der Waals surface area (Å²) >= 11 is 5.55. The summed E-state index contributed by atoms with van der Waals surface area (Å²) in [5.74, 6) is 0.946. The first-order chi connectivity index (χ1) is 23.6. The molecule has 51 heavy (non-hydrogen) atoms. The largest absolute Gasteiger partial charge is 0.512 e. The Labute approximate surface area is 330 Å². The van der Waals surface area contributed by atoms with Gasteiger partial charge in [-0.15, -0.1) is 46.3 Å². The van der Waals surface area contributed by atoms with E-state index in [9.17, 15) is 9.90 Å². The number of benzene rings is 2. The van der Waals surface area contributed by atoms with Gasteiger partial charge in [0.25, 0.3) is 0 Å². The Morgan fingerprint density at radius 2 is 1.53 bits per heavy atom. The van der Waals surface area contributed by atoms with Crippen LogP contribution in [0.25, 0.3) is 51.6 Å². The van der Waals surface area contributed by atoms with Gasteiger partial charge >= 0.3 is 0 Å². The molecule has 0 amide bonds. The van der Waals surface area contributed by atoms with E-state index in [1.165, 1.54) is 57.5 Å². The van der Waals surface area contributed by atoms with Crippen LogP contribution in [0.3, 0.4) is 0 Å². The normalized spacial score (nSPS) is 12.9. The second kappa shape index (κ2) is 16.3. The van der Waals surface area contributed by atoms with Crippen LogP contribution in [0.4, 0.5) is 0 Å². The first-order valence-corrected chi connectivity index (χ1v) is 20.8. The third-order valence-electron chi connectivity index (χ3n) is 10.9. The molecule has 0 fully saturated rings. The van der Waals surface area contributed by atoms with E-state index in [4.69, 9.17) is 4.98 Å². The van der Waals surface area contributed by atoms with E-state index < -0.39 is 0 Å². The third-order valence-corrected chi connectivity index (χ3v) is 14.0. The van der Waals surface area contributed by atoms with Crippen molar-refractivity contribution in [3.63, 3.8) is 0 Å². The summed E-state index contributed by atoms with van der Waals surface area (Å²) in [6.45, 7) is 23.6. The number of fused-ring (bicyclic) bond motifs is 5. The molecular formula is C44H54IrNO2S3-. The zero-order valence-corrected chi connectivity index (χ0v) is 37.0. The van der Waals surface area contributed by atoms with E-state index in [-0.39, 0.29) is 47.9 Å². The van der Waals surface area contributed by atoms with E-state index >= 15 is 0 Å². The second-order valence-electron chi connectivity index (χ2n) is 15.8. The molecule has 1 radical (unpaired) electrons. The van der Waals surface area contributed by atoms with E-state index in [0.29, 0.717) is 5.92 Å². The van der Waals surface area contributed by atoms with Crippen molar-refractivity contribution >= 4 is 80.1 Å². The van der Waals surface area contributed by atoms with Crippen LogP contribution in [-0.2, 0) is 36.7 Å². The minimum atomic E-state index is -0.337. The minimum Gasteiger partial charge on any atom is -0.512 e. The average Bonchev–Trinajstić information content (AvgIpc) is 3.82. The number of pyridine rings is 1. The van der Waals surface area contributed by atoms with Crippen LogP contribution >= 0.6 is 34.0 Å². The Morgan fingerprint density at radius 1 is 0.863 bits per heavy atom. The molecule has 3 nitrogen and oxygen atoms in total. The zero-order valence-electron chi connectivity index (χ0n) is 32.2. The molecule has 0 bridgehead atoms. The van der Waals surface area contributed by atoms with Gasteiger partial charge in [-0.25, -0.2) is 0 Å². The summed E-state index contributed by atoms with van der Waals surface area (Å²) in [4.78, 5) is 17.1. The molecule has 4 heterocycles. The van der Waals surface area contributed by atoms with Gasteiger partial charge in [0.2, 0.25) is 0 Å². The first kappa shape index (κ1) is 41.3. The molecule has 7 heteroatoms. The molecule has 0 spiro atoms. The first-order valence-electron chi connectivity index (χ1n) is 18.2. The predicted octanol–water partition coefficient (Wildman–Crippen LogP) is 14.5. The maximum Gasteiger partial charge on any atom is 0.164 e. The molecule has 0 saturated heterocycles. The molecule has 0 atom stereocenters. The van der Waals surface area contributed by atoms with Crippen molar-refractivity contribution in [2.75, 3.05) is 0 Å². The Bertz CT molecular complexity index is 2170. The Morgan fingerprint density at radius 3 is 2.14 bits per heavy atom. The van der Waals surface area contributed by atoms with Crippen LogP contribution in [0, 0.1) is 22.8 Å². The number of aromatic nitrogens is 1. The van der Waals surface area contributed by atoms with Gasteiger partial charge in [0.15, 0.2) is 5.78 Å². The molecule has 0 aliphatic rings. The van der Waals surface area contributed by atoms with E-state index in [1.54, 1.807) is 0 Å². The Balaban J connectivity index is 0.000000279. The molecular weight excluding hydrogens is 863 g/mol. The Hall–Kier alpha value is -2.41. The van der Waals surface area contributed by atoms with Gasteiger partial charge in [0, 0.05) is 68.4 Å². The molecule has 0 aliphatic heterocycles. The van der Waals surface area contributed by atoms with Gasteiger partial charge in [-0.3, -0.25) is 9.78 Å². The van der Waals surface area contributed by atoms with Crippen molar-refractivity contribution in [2.45, 2.75) is 114 Å². The summed E-state index contributed by atoms with van der Waals surface area (Å²) < 4.78 is 5.34. The summed E-state index contributed by atoms with van der Waals surface area (Å²) in [5, 5.41) is 19.9. The van der Waals surface area contributed by atoms with Crippen molar-refractivity contribution in [2.24, 2.45) is 16.7 Å². The van der Waals surface area contributed by atoms with Crippen LogP contribution in [0.2, 0.25) is 0 Å². The number of nitrogens with zero attached hydrogens (tertiary/aromatic N) is 1. The smallest absolute Gasteiger partial charge is 0.164 e. The second-order valence-corrected chi connectivity index (χ2v) is 18.7. The summed E-state index contributed by atoms with van der Waals surface area (Å²) in [5.41, 5.74) is 4.47. The van der Waals surface area contributed by atoms with Gasteiger partial charge < -0.3 is 5.11 Å². The van der Waals surface area contributed by atoms with Crippen LogP contribution < -0.4 is 0 Å². The SMILES string of the molecule is CC(C)Cc1csc2cc3sc4c(-c5[c-]c6ccsc6c(C(C)(C)C)c5)nccc4c3cc12.CCC(C)(CC)C(=O)/C=C(\O)C(C)(CC)CC.[Ir]. The quantitative estimate of drug-likeness (QED) is 0.0846. The summed E-state index contributed by atoms with van der Waals surface area (Å²) in [6, 6.07) is 15.2. The molecule has 275 valence electrons. The molecule has 0 saturated carbocycles. The molecule has 4 aromatic heterocycles. The third kappa shape index (κ3) is 8.39. The fourth-order valence-electron chi connectivity index (χ4n) is 6.44. The molecule has 6 aromatic rings. The monoisotopic (exact) mass is 917 g/mol. The fourth-order valence-corrected chi connectivity index (χ4v) is 9.81. The standard InChI is InChI=1S/C29H26NS3.C15H28O2.Ir/c1-16(2)10-19-15-32-24-14-25-22(13-21(19)24)20-6-8-30-26(28(20)33-25)18-11-17-7-9-31-27(17)23(12-18)29(3,4)5;1-7-14(5,8-2)12(16)11-13(17)15(6,9-3)10-4;/h6-9,12-16H,10H2,1-5H3;11,16H,7-10H2,1-6H3;/q-1;;/b;12-11-;. The van der Waals surface area contributed by atoms with Gasteiger partial charge in [0.1, 0.15) is 5.76 Å². The van der Waals surface area contributed by atoms with Gasteiger partial charge in [-0.2, -0.15) is 11.3 Å². The number of ketones is 1. The number of aliphatic hydroxyl groups is 1. The fraction of sp³-hybridized carbons (Fsp3) is 0.455. The van der Waals surface area contributed by atoms with Crippen molar-refractivity contribution in [1.29, 1.82) is 0 Å². The van der Waals surface area contributed by atoms with Crippen molar-refractivity contribution in [3.05, 3.63) is 76.3 Å². The zero-order chi connectivity index (χ0) is 36.6. The maximum atomic E-state index is 12.2. The van der Waals surface area contributed by atoms with Crippen molar-refractivity contribution in [3.8, 4) is 11.3 Å². The number of allylic oxidation sites excluding steroid dienone is 2. The minimum absolute atomic E-state index is 0. The maximum absolute atomic E-state index is 12.2. The van der Waals surface area contributed by atoms with E-state index in [0.717, 1.165) is 43.4 Å². The van der Waals surface area contributed by atoms with Gasteiger partial charge in [-0.05, 0) is 93.4 Å². The summed E-state index contributed by atoms with van der Waals surface area (Å²) in [7, 11) is 0. The van der Waals surface area contributed by atoms with Crippen LogP contribution in [-0.4, -0.2) is 15.9 Å². The van der Waals surface area contributed by atoms with Crippen LogP contribution in [0.1, 0.15) is 113 Å². The van der Waals surface area contributed by atoms with Crippen molar-refractivity contribution < 1.29 is 30.0 Å². The van der Waals surface area contributed by atoms with Crippen molar-refractivity contribution in [1.82, 2.24) is 4.98 Å². The molecule has 0 aliphatic carbocycles. The average molecular weight is 917 g/mol. The number of thiophene rings is 3. The molecule has 6 rings (SSSR count). The van der Waals surface area contributed by atoms with Crippen LogP contribution in [0.5, 0.6) is 0 Å².